The van der Waals surface area contributed by atoms with E-state index >= 15 is 0 Å². The van der Waals surface area contributed by atoms with Crippen molar-refractivity contribution in [3.63, 3.8) is 0 Å². The van der Waals surface area contributed by atoms with Crippen LogP contribution in [0.15, 0.2) is 11.4 Å². The highest BCUT2D eigenvalue weighted by Gasteiger charge is 2.32. The van der Waals surface area contributed by atoms with Crippen LogP contribution in [0.5, 0.6) is 0 Å². The summed E-state index contributed by atoms with van der Waals surface area (Å²) in [7, 11) is -3.21. The number of amides is 1. The van der Waals surface area contributed by atoms with Gasteiger partial charge in [-0.2, -0.15) is 0 Å². The number of sulfonamides is 1. The molecule has 0 saturated carbocycles. The summed E-state index contributed by atoms with van der Waals surface area (Å²) in [5.41, 5.74) is 1.27. The van der Waals surface area contributed by atoms with Gasteiger partial charge in [-0.25, -0.2) is 13.1 Å². The number of piperidine rings is 1. The molecule has 0 aromatic carbocycles. The Balaban J connectivity index is 1.61. The summed E-state index contributed by atoms with van der Waals surface area (Å²) in [5.74, 6) is 0.145. The minimum Gasteiger partial charge on any atom is -0.337 e. The molecule has 1 N–H and O–H groups in total. The van der Waals surface area contributed by atoms with Crippen molar-refractivity contribution in [3.05, 3.63) is 21.9 Å². The van der Waals surface area contributed by atoms with Gasteiger partial charge in [0, 0.05) is 30.6 Å². The van der Waals surface area contributed by atoms with E-state index < -0.39 is 10.0 Å². The van der Waals surface area contributed by atoms with Crippen molar-refractivity contribution in [2.75, 3.05) is 25.9 Å². The van der Waals surface area contributed by atoms with E-state index in [1.54, 1.807) is 11.3 Å². The number of nitrogens with zero attached hydrogens (tertiary/aromatic N) is 2. The average Bonchev–Trinajstić information content (AvgIpc) is 2.99. The summed E-state index contributed by atoms with van der Waals surface area (Å²) in [6, 6.07) is 1.79. The van der Waals surface area contributed by atoms with Crippen LogP contribution in [-0.2, 0) is 27.8 Å². The molecule has 2 aliphatic heterocycles. The molecule has 3 heterocycles. The topological polar surface area (TPSA) is 69.7 Å². The SMILES string of the molecule is C[C@H](C(=O)N1CCc2sccc2C1)N1CCC[C@@H](NS(C)(=O)=O)C1. The third-order valence-electron chi connectivity index (χ3n) is 4.86. The lowest BCUT2D eigenvalue weighted by atomic mass is 10.0. The second-order valence-electron chi connectivity index (χ2n) is 6.78. The molecule has 134 valence electrons. The van der Waals surface area contributed by atoms with Gasteiger partial charge in [-0.3, -0.25) is 9.69 Å². The maximum Gasteiger partial charge on any atom is 0.239 e. The van der Waals surface area contributed by atoms with E-state index in [-0.39, 0.29) is 18.0 Å². The van der Waals surface area contributed by atoms with Crippen LogP contribution in [0.4, 0.5) is 0 Å². The highest BCUT2D eigenvalue weighted by atomic mass is 32.2. The molecular formula is C16H25N3O3S2. The van der Waals surface area contributed by atoms with Gasteiger partial charge in [-0.15, -0.1) is 11.3 Å². The van der Waals surface area contributed by atoms with Crippen molar-refractivity contribution in [2.45, 2.75) is 44.8 Å². The molecule has 0 unspecified atom stereocenters. The lowest BCUT2D eigenvalue weighted by Gasteiger charge is -2.38. The van der Waals surface area contributed by atoms with Crippen LogP contribution >= 0.6 is 11.3 Å². The predicted molar refractivity (Wildman–Crippen MR) is 95.5 cm³/mol. The predicted octanol–water partition coefficient (Wildman–Crippen LogP) is 1.03. The summed E-state index contributed by atoms with van der Waals surface area (Å²) in [4.78, 5) is 18.3. The van der Waals surface area contributed by atoms with Crippen LogP contribution in [0.1, 0.15) is 30.2 Å². The Bertz CT molecular complexity index is 701. The zero-order chi connectivity index (χ0) is 17.3. The number of likely N-dealkylation sites (tertiary alicyclic amines) is 1. The first-order valence-corrected chi connectivity index (χ1v) is 11.2. The lowest BCUT2D eigenvalue weighted by molar-refractivity contribution is -0.137. The van der Waals surface area contributed by atoms with Crippen LogP contribution in [0, 0.1) is 0 Å². The first kappa shape index (κ1) is 17.8. The zero-order valence-corrected chi connectivity index (χ0v) is 15.8. The van der Waals surface area contributed by atoms with Crippen LogP contribution in [0.25, 0.3) is 0 Å². The van der Waals surface area contributed by atoms with Gasteiger partial charge in [0.1, 0.15) is 0 Å². The van der Waals surface area contributed by atoms with Crippen molar-refractivity contribution in [3.8, 4) is 0 Å². The molecule has 2 aliphatic rings. The van der Waals surface area contributed by atoms with Crippen molar-refractivity contribution in [2.24, 2.45) is 0 Å². The average molecular weight is 372 g/mol. The van der Waals surface area contributed by atoms with E-state index in [0.29, 0.717) is 13.1 Å². The normalized spacial score (nSPS) is 23.8. The fraction of sp³-hybridized carbons (Fsp3) is 0.688. The summed E-state index contributed by atoms with van der Waals surface area (Å²) in [6.07, 6.45) is 3.85. The van der Waals surface area contributed by atoms with Gasteiger partial charge in [-0.1, -0.05) is 0 Å². The highest BCUT2D eigenvalue weighted by molar-refractivity contribution is 7.88. The third kappa shape index (κ3) is 4.17. The Morgan fingerprint density at radius 1 is 1.42 bits per heavy atom. The fourth-order valence-electron chi connectivity index (χ4n) is 3.61. The first-order valence-electron chi connectivity index (χ1n) is 8.39. The van der Waals surface area contributed by atoms with Gasteiger partial charge in [0.15, 0.2) is 0 Å². The van der Waals surface area contributed by atoms with E-state index in [4.69, 9.17) is 0 Å². The summed E-state index contributed by atoms with van der Waals surface area (Å²) >= 11 is 1.77. The van der Waals surface area contributed by atoms with Gasteiger partial charge < -0.3 is 4.90 Å². The van der Waals surface area contributed by atoms with Crippen LogP contribution in [0.2, 0.25) is 0 Å². The van der Waals surface area contributed by atoms with Crippen molar-refractivity contribution < 1.29 is 13.2 Å². The van der Waals surface area contributed by atoms with E-state index in [1.807, 2.05) is 11.8 Å². The van der Waals surface area contributed by atoms with E-state index in [9.17, 15) is 13.2 Å². The smallest absolute Gasteiger partial charge is 0.239 e. The molecule has 1 amide bonds. The molecule has 0 bridgehead atoms. The van der Waals surface area contributed by atoms with Gasteiger partial charge in [-0.05, 0) is 49.7 Å². The number of nitrogens with one attached hydrogen (secondary N) is 1. The maximum atomic E-state index is 12.9. The standard InChI is InChI=1S/C16H25N3O3S2/c1-12(18-7-3-4-14(11-18)17-24(2,21)22)16(20)19-8-5-15-13(10-19)6-9-23-15/h6,9,12,14,17H,3-5,7-8,10-11H2,1-2H3/t12-,14-/m1/s1. The van der Waals surface area contributed by atoms with Gasteiger partial charge in [0.05, 0.1) is 12.3 Å². The Morgan fingerprint density at radius 2 is 2.21 bits per heavy atom. The number of carbonyl (C=O) groups is 1. The molecule has 0 radical (unpaired) electrons. The molecule has 2 atom stereocenters. The van der Waals surface area contributed by atoms with Gasteiger partial charge >= 0.3 is 0 Å². The van der Waals surface area contributed by atoms with Crippen molar-refractivity contribution in [1.82, 2.24) is 14.5 Å². The Hall–Kier alpha value is -0.960. The van der Waals surface area contributed by atoms with E-state index in [1.165, 1.54) is 16.7 Å². The lowest BCUT2D eigenvalue weighted by Crippen LogP contribution is -2.55. The maximum absolute atomic E-state index is 12.9. The van der Waals surface area contributed by atoms with Crippen molar-refractivity contribution in [1.29, 1.82) is 0 Å². The van der Waals surface area contributed by atoms with E-state index in [2.05, 4.69) is 21.1 Å². The molecule has 0 spiro atoms. The highest BCUT2D eigenvalue weighted by Crippen LogP contribution is 2.25. The molecule has 6 nitrogen and oxygen atoms in total. The van der Waals surface area contributed by atoms with Crippen molar-refractivity contribution >= 4 is 27.3 Å². The fourth-order valence-corrected chi connectivity index (χ4v) is 5.30. The molecule has 8 heteroatoms. The number of thiophene rings is 1. The van der Waals surface area contributed by atoms with E-state index in [0.717, 1.165) is 32.4 Å². The molecule has 3 rings (SSSR count). The summed E-state index contributed by atoms with van der Waals surface area (Å²) < 4.78 is 25.6. The largest absolute Gasteiger partial charge is 0.337 e. The molecule has 1 saturated heterocycles. The third-order valence-corrected chi connectivity index (χ3v) is 6.64. The van der Waals surface area contributed by atoms with Gasteiger partial charge in [0.25, 0.3) is 0 Å². The number of carbonyl (C=O) groups excluding carboxylic acids is 1. The Labute approximate surface area is 147 Å². The summed E-state index contributed by atoms with van der Waals surface area (Å²) in [6.45, 7) is 4.84. The monoisotopic (exact) mass is 371 g/mol. The molecule has 1 aromatic rings. The Kier molecular flexibility index (Phi) is 5.29. The number of fused-ring (bicyclic) bond motifs is 1. The minimum absolute atomic E-state index is 0.103. The van der Waals surface area contributed by atoms with Gasteiger partial charge in [0.2, 0.25) is 15.9 Å². The first-order chi connectivity index (χ1) is 11.3. The van der Waals surface area contributed by atoms with Crippen LogP contribution in [0.3, 0.4) is 0 Å². The minimum atomic E-state index is -3.21. The molecular weight excluding hydrogens is 346 g/mol. The second kappa shape index (κ2) is 7.11. The number of hydrogen-bond acceptors (Lipinski definition) is 5. The molecule has 0 aliphatic carbocycles. The quantitative estimate of drug-likeness (QED) is 0.858. The second-order valence-corrected chi connectivity index (χ2v) is 9.56. The summed E-state index contributed by atoms with van der Waals surface area (Å²) in [5, 5.41) is 2.09. The number of rotatable bonds is 4. The molecule has 1 fully saturated rings. The zero-order valence-electron chi connectivity index (χ0n) is 14.2. The molecule has 24 heavy (non-hydrogen) atoms. The molecule has 1 aromatic heterocycles. The Morgan fingerprint density at radius 3 is 2.96 bits per heavy atom. The van der Waals surface area contributed by atoms with Crippen LogP contribution < -0.4 is 4.72 Å². The number of hydrogen-bond donors (Lipinski definition) is 1. The van der Waals surface area contributed by atoms with Crippen LogP contribution in [-0.4, -0.2) is 62.1 Å².